The number of halogens is 1. The molecule has 0 unspecified atom stereocenters. The summed E-state index contributed by atoms with van der Waals surface area (Å²) in [6, 6.07) is 1.08. The summed E-state index contributed by atoms with van der Waals surface area (Å²) in [7, 11) is -3.62. The van der Waals surface area contributed by atoms with Gasteiger partial charge in [0, 0.05) is 18.8 Å². The quantitative estimate of drug-likeness (QED) is 0.853. The second kappa shape index (κ2) is 3.99. The molecule has 0 N–H and O–H groups in total. The van der Waals surface area contributed by atoms with Gasteiger partial charge in [-0.3, -0.25) is 4.98 Å². The van der Waals surface area contributed by atoms with E-state index in [2.05, 4.69) is 18.8 Å². The van der Waals surface area contributed by atoms with Crippen molar-refractivity contribution in [2.75, 3.05) is 6.54 Å². The van der Waals surface area contributed by atoms with Gasteiger partial charge >= 0.3 is 0 Å². The van der Waals surface area contributed by atoms with Crippen molar-refractivity contribution in [1.29, 1.82) is 0 Å². The molecule has 104 valence electrons. The molecule has 3 rings (SSSR count). The van der Waals surface area contributed by atoms with Crippen molar-refractivity contribution >= 4 is 10.0 Å². The molecule has 2 aliphatic rings. The molecular formula is C13H17FN2O2S. The first-order chi connectivity index (χ1) is 8.82. The van der Waals surface area contributed by atoms with Gasteiger partial charge in [-0.2, -0.15) is 4.31 Å². The van der Waals surface area contributed by atoms with Gasteiger partial charge in [0.15, 0.2) is 0 Å². The zero-order valence-electron chi connectivity index (χ0n) is 11.0. The molecule has 2 heterocycles. The van der Waals surface area contributed by atoms with Crippen LogP contribution in [0.1, 0.15) is 26.7 Å². The third kappa shape index (κ3) is 2.07. The van der Waals surface area contributed by atoms with Gasteiger partial charge in [0.25, 0.3) is 0 Å². The maximum atomic E-state index is 13.2. The molecule has 1 aromatic heterocycles. The molecule has 1 aromatic rings. The van der Waals surface area contributed by atoms with Crippen LogP contribution in [0.2, 0.25) is 0 Å². The minimum atomic E-state index is -3.62. The Hall–Kier alpha value is -1.01. The van der Waals surface area contributed by atoms with Gasteiger partial charge in [0.1, 0.15) is 10.7 Å². The molecular weight excluding hydrogens is 267 g/mol. The summed E-state index contributed by atoms with van der Waals surface area (Å²) in [5.74, 6) is -0.163. The number of hydrogen-bond donors (Lipinski definition) is 0. The predicted octanol–water partition coefficient (Wildman–Crippen LogP) is 2.03. The van der Waals surface area contributed by atoms with E-state index < -0.39 is 15.8 Å². The third-order valence-corrected chi connectivity index (χ3v) is 5.82. The second-order valence-corrected chi connectivity index (χ2v) is 8.05. The summed E-state index contributed by atoms with van der Waals surface area (Å²) >= 11 is 0. The Bertz CT molecular complexity index is 611. The van der Waals surface area contributed by atoms with Gasteiger partial charge in [-0.15, -0.1) is 0 Å². The molecule has 0 radical (unpaired) electrons. The summed E-state index contributed by atoms with van der Waals surface area (Å²) in [4.78, 5) is 3.58. The first-order valence-corrected chi connectivity index (χ1v) is 7.89. The van der Waals surface area contributed by atoms with Gasteiger partial charge in [-0.05, 0) is 30.2 Å². The topological polar surface area (TPSA) is 50.3 Å². The Morgan fingerprint density at radius 3 is 2.58 bits per heavy atom. The van der Waals surface area contributed by atoms with Crippen LogP contribution in [0.5, 0.6) is 0 Å². The van der Waals surface area contributed by atoms with E-state index in [0.29, 0.717) is 12.5 Å². The normalized spacial score (nSPS) is 27.0. The molecule has 4 nitrogen and oxygen atoms in total. The fourth-order valence-corrected chi connectivity index (χ4v) is 5.04. The van der Waals surface area contributed by atoms with Crippen molar-refractivity contribution in [3.8, 4) is 0 Å². The smallest absolute Gasteiger partial charge is 0.245 e. The zero-order valence-corrected chi connectivity index (χ0v) is 11.8. The number of nitrogens with zero attached hydrogens (tertiary/aromatic N) is 2. The van der Waals surface area contributed by atoms with E-state index in [1.165, 1.54) is 10.5 Å². The van der Waals surface area contributed by atoms with Gasteiger partial charge in [0.05, 0.1) is 6.20 Å². The maximum absolute atomic E-state index is 13.2. The van der Waals surface area contributed by atoms with E-state index in [4.69, 9.17) is 0 Å². The van der Waals surface area contributed by atoms with Crippen LogP contribution < -0.4 is 0 Å². The summed E-state index contributed by atoms with van der Waals surface area (Å²) in [5.41, 5.74) is 0.00892. The molecule has 1 aliphatic carbocycles. The van der Waals surface area contributed by atoms with Gasteiger partial charge in [-0.25, -0.2) is 12.8 Å². The summed E-state index contributed by atoms with van der Waals surface area (Å²) < 4.78 is 39.7. The van der Waals surface area contributed by atoms with Crippen LogP contribution in [-0.2, 0) is 10.0 Å². The van der Waals surface area contributed by atoms with Crippen LogP contribution in [0.3, 0.4) is 0 Å². The molecule has 0 bridgehead atoms. The van der Waals surface area contributed by atoms with Crippen molar-refractivity contribution in [1.82, 2.24) is 9.29 Å². The van der Waals surface area contributed by atoms with Crippen LogP contribution in [0.25, 0.3) is 0 Å². The van der Waals surface area contributed by atoms with Crippen LogP contribution in [-0.4, -0.2) is 30.3 Å². The van der Waals surface area contributed by atoms with Gasteiger partial charge < -0.3 is 0 Å². The summed E-state index contributed by atoms with van der Waals surface area (Å²) in [6.45, 7) is 4.67. The van der Waals surface area contributed by atoms with E-state index in [9.17, 15) is 12.8 Å². The second-order valence-electron chi connectivity index (χ2n) is 6.16. The van der Waals surface area contributed by atoms with E-state index >= 15 is 0 Å². The average molecular weight is 284 g/mol. The molecule has 2 fully saturated rings. The van der Waals surface area contributed by atoms with Crippen LogP contribution in [0, 0.1) is 17.2 Å². The zero-order chi connectivity index (χ0) is 13.8. The Labute approximate surface area is 112 Å². The van der Waals surface area contributed by atoms with E-state index in [-0.39, 0.29) is 16.4 Å². The fraction of sp³-hybridized carbons (Fsp3) is 0.615. The Kier molecular flexibility index (Phi) is 2.73. The van der Waals surface area contributed by atoms with E-state index in [0.717, 1.165) is 25.1 Å². The van der Waals surface area contributed by atoms with Gasteiger partial charge in [-0.1, -0.05) is 13.8 Å². The van der Waals surface area contributed by atoms with Crippen molar-refractivity contribution in [2.45, 2.75) is 37.6 Å². The molecule has 19 heavy (non-hydrogen) atoms. The number of pyridine rings is 1. The third-order valence-electron chi connectivity index (χ3n) is 4.03. The first kappa shape index (κ1) is 13.0. The lowest BCUT2D eigenvalue weighted by molar-refractivity contribution is 0.00609. The highest BCUT2D eigenvalue weighted by Crippen LogP contribution is 2.51. The highest BCUT2D eigenvalue weighted by atomic mass is 32.2. The Morgan fingerprint density at radius 1 is 1.37 bits per heavy atom. The summed E-state index contributed by atoms with van der Waals surface area (Å²) in [5, 5.41) is 0. The van der Waals surface area contributed by atoms with Crippen molar-refractivity contribution in [2.24, 2.45) is 11.3 Å². The molecule has 0 spiro atoms. The minimum absolute atomic E-state index is 0.00892. The van der Waals surface area contributed by atoms with Crippen LogP contribution in [0.15, 0.2) is 23.4 Å². The lowest BCUT2D eigenvalue weighted by Crippen LogP contribution is -2.64. The van der Waals surface area contributed by atoms with E-state index in [1.54, 1.807) is 0 Å². The predicted molar refractivity (Wildman–Crippen MR) is 68.4 cm³/mol. The molecule has 0 aromatic carbocycles. The fourth-order valence-electron chi connectivity index (χ4n) is 3.06. The number of rotatable bonds is 3. The molecule has 6 heteroatoms. The number of sulfonamides is 1. The summed E-state index contributed by atoms with van der Waals surface area (Å²) in [6.07, 6.45) is 4.40. The van der Waals surface area contributed by atoms with Crippen molar-refractivity contribution in [3.05, 3.63) is 24.3 Å². The molecule has 0 amide bonds. The standard InChI is InChI=1S/C13H17FN2O2S/c1-13(2)8-16(12(13)9-3-4-9)19(17,18)11-5-10(14)6-15-7-11/h5-7,9,12H,3-4,8H2,1-2H3/t12-/m0/s1. The largest absolute Gasteiger partial charge is 0.260 e. The number of hydrogen-bond acceptors (Lipinski definition) is 3. The Balaban J connectivity index is 1.93. The van der Waals surface area contributed by atoms with Crippen molar-refractivity contribution in [3.63, 3.8) is 0 Å². The SMILES string of the molecule is CC1(C)CN(S(=O)(=O)c2cncc(F)c2)[C@H]1C1CC1. The van der Waals surface area contributed by atoms with Gasteiger partial charge in [0.2, 0.25) is 10.0 Å². The molecule has 1 aliphatic heterocycles. The number of aromatic nitrogens is 1. The average Bonchev–Trinajstić information content (AvgIpc) is 3.10. The Morgan fingerprint density at radius 2 is 2.05 bits per heavy atom. The maximum Gasteiger partial charge on any atom is 0.245 e. The lowest BCUT2D eigenvalue weighted by Gasteiger charge is -2.53. The van der Waals surface area contributed by atoms with Crippen molar-refractivity contribution < 1.29 is 12.8 Å². The minimum Gasteiger partial charge on any atom is -0.260 e. The highest BCUT2D eigenvalue weighted by Gasteiger charge is 2.57. The lowest BCUT2D eigenvalue weighted by atomic mass is 9.75. The van der Waals surface area contributed by atoms with E-state index in [1.807, 2.05) is 0 Å². The molecule has 1 saturated carbocycles. The monoisotopic (exact) mass is 284 g/mol. The molecule has 1 saturated heterocycles. The van der Waals surface area contributed by atoms with Crippen LogP contribution >= 0.6 is 0 Å². The molecule has 1 atom stereocenters. The first-order valence-electron chi connectivity index (χ1n) is 6.45. The highest BCUT2D eigenvalue weighted by molar-refractivity contribution is 7.89. The van der Waals surface area contributed by atoms with Crippen LogP contribution in [0.4, 0.5) is 4.39 Å².